The van der Waals surface area contributed by atoms with Gasteiger partial charge in [-0.05, 0) is 30.4 Å². The standard InChI is InChI=1S/C25H38F2O2/c1-2-3-4-5-6-7-19-8-10-20(11-9-19)12-13-21-17-28-25(29-18-21)22-14-15-23(26)24(27)16-22/h14-16,19-21,25H,2-13,17-18H2,1H3. The Morgan fingerprint density at radius 3 is 2.03 bits per heavy atom. The molecule has 0 bridgehead atoms. The second-order valence-corrected chi connectivity index (χ2v) is 9.21. The summed E-state index contributed by atoms with van der Waals surface area (Å²) in [6.07, 6.45) is 15.8. The maximum Gasteiger partial charge on any atom is 0.183 e. The van der Waals surface area contributed by atoms with E-state index in [1.165, 1.54) is 82.8 Å². The monoisotopic (exact) mass is 408 g/mol. The molecule has 3 rings (SSSR count). The number of unbranched alkanes of at least 4 members (excludes halogenated alkanes) is 4. The highest BCUT2D eigenvalue weighted by molar-refractivity contribution is 5.19. The Kier molecular flexibility index (Phi) is 9.38. The van der Waals surface area contributed by atoms with E-state index in [0.717, 1.165) is 24.3 Å². The lowest BCUT2D eigenvalue weighted by molar-refractivity contribution is -0.206. The van der Waals surface area contributed by atoms with Gasteiger partial charge in [-0.2, -0.15) is 0 Å². The van der Waals surface area contributed by atoms with Gasteiger partial charge in [-0.1, -0.05) is 83.6 Å². The maximum atomic E-state index is 13.4. The molecule has 29 heavy (non-hydrogen) atoms. The summed E-state index contributed by atoms with van der Waals surface area (Å²) in [4.78, 5) is 0. The van der Waals surface area contributed by atoms with Crippen molar-refractivity contribution in [1.82, 2.24) is 0 Å². The Bertz CT molecular complexity index is 590. The third-order valence-corrected chi connectivity index (χ3v) is 6.85. The first-order valence-corrected chi connectivity index (χ1v) is 11.8. The van der Waals surface area contributed by atoms with Gasteiger partial charge >= 0.3 is 0 Å². The van der Waals surface area contributed by atoms with Crippen molar-refractivity contribution in [2.75, 3.05) is 13.2 Å². The minimum absolute atomic E-state index is 0.410. The number of halogens is 2. The number of benzene rings is 1. The van der Waals surface area contributed by atoms with Crippen LogP contribution in [0.4, 0.5) is 8.78 Å². The van der Waals surface area contributed by atoms with E-state index in [2.05, 4.69) is 6.92 Å². The molecule has 2 nitrogen and oxygen atoms in total. The number of rotatable bonds is 10. The third kappa shape index (κ3) is 7.32. The first kappa shape index (κ1) is 22.7. The molecule has 4 heteroatoms. The third-order valence-electron chi connectivity index (χ3n) is 6.85. The highest BCUT2D eigenvalue weighted by Gasteiger charge is 2.26. The van der Waals surface area contributed by atoms with Crippen LogP contribution in [0.25, 0.3) is 0 Å². The summed E-state index contributed by atoms with van der Waals surface area (Å²) in [5.74, 6) is 0.538. The van der Waals surface area contributed by atoms with Crippen LogP contribution in [-0.2, 0) is 9.47 Å². The van der Waals surface area contributed by atoms with Gasteiger partial charge in [0, 0.05) is 11.5 Å². The molecule has 0 unspecified atom stereocenters. The van der Waals surface area contributed by atoms with Crippen LogP contribution in [0.2, 0.25) is 0 Å². The molecule has 2 aliphatic rings. The van der Waals surface area contributed by atoms with E-state index in [4.69, 9.17) is 9.47 Å². The summed E-state index contributed by atoms with van der Waals surface area (Å²) in [5, 5.41) is 0. The summed E-state index contributed by atoms with van der Waals surface area (Å²) in [6, 6.07) is 3.83. The molecule has 1 aliphatic heterocycles. The SMILES string of the molecule is CCCCCCCC1CCC(CCC2COC(c3ccc(F)c(F)c3)OC2)CC1. The van der Waals surface area contributed by atoms with E-state index in [1.807, 2.05) is 0 Å². The molecule has 1 aromatic rings. The molecule has 164 valence electrons. The topological polar surface area (TPSA) is 18.5 Å². The summed E-state index contributed by atoms with van der Waals surface area (Å²) in [7, 11) is 0. The minimum Gasteiger partial charge on any atom is -0.348 e. The highest BCUT2D eigenvalue weighted by Crippen LogP contribution is 2.36. The van der Waals surface area contributed by atoms with Crippen LogP contribution >= 0.6 is 0 Å². The number of ether oxygens (including phenoxy) is 2. The molecule has 1 saturated carbocycles. The quantitative estimate of drug-likeness (QED) is 0.372. The number of hydrogen-bond donors (Lipinski definition) is 0. The van der Waals surface area contributed by atoms with Gasteiger partial charge in [-0.25, -0.2) is 8.78 Å². The van der Waals surface area contributed by atoms with E-state index in [1.54, 1.807) is 0 Å². The lowest BCUT2D eigenvalue weighted by Gasteiger charge is -2.32. The van der Waals surface area contributed by atoms with Gasteiger partial charge in [0.1, 0.15) is 0 Å². The zero-order valence-electron chi connectivity index (χ0n) is 18.0. The Hall–Kier alpha value is -1.00. The van der Waals surface area contributed by atoms with Crippen LogP contribution in [0.3, 0.4) is 0 Å². The molecule has 1 aliphatic carbocycles. The Morgan fingerprint density at radius 1 is 0.759 bits per heavy atom. The van der Waals surface area contributed by atoms with Crippen LogP contribution in [0.5, 0.6) is 0 Å². The van der Waals surface area contributed by atoms with Crippen LogP contribution in [-0.4, -0.2) is 13.2 Å². The molecule has 0 spiro atoms. The zero-order valence-corrected chi connectivity index (χ0v) is 18.0. The van der Waals surface area contributed by atoms with Crippen molar-refractivity contribution < 1.29 is 18.3 Å². The molecule has 0 N–H and O–H groups in total. The van der Waals surface area contributed by atoms with Crippen LogP contribution in [0.15, 0.2) is 18.2 Å². The van der Waals surface area contributed by atoms with Crippen LogP contribution in [0.1, 0.15) is 95.8 Å². The fraction of sp³-hybridized carbons (Fsp3) is 0.760. The van der Waals surface area contributed by atoms with Crippen molar-refractivity contribution in [2.45, 2.75) is 90.3 Å². The van der Waals surface area contributed by atoms with Crippen molar-refractivity contribution in [3.05, 3.63) is 35.4 Å². The van der Waals surface area contributed by atoms with Crippen molar-refractivity contribution in [3.8, 4) is 0 Å². The summed E-state index contributed by atoms with van der Waals surface area (Å²) >= 11 is 0. The van der Waals surface area contributed by atoms with Crippen LogP contribution < -0.4 is 0 Å². The van der Waals surface area contributed by atoms with Gasteiger partial charge in [0.25, 0.3) is 0 Å². The summed E-state index contributed by atoms with van der Waals surface area (Å²) in [5.41, 5.74) is 0.551. The van der Waals surface area contributed by atoms with E-state index in [0.29, 0.717) is 24.7 Å². The van der Waals surface area contributed by atoms with Crippen molar-refractivity contribution >= 4 is 0 Å². The van der Waals surface area contributed by atoms with E-state index in [-0.39, 0.29) is 0 Å². The van der Waals surface area contributed by atoms with Crippen LogP contribution in [0, 0.1) is 29.4 Å². The van der Waals surface area contributed by atoms with Gasteiger partial charge in [-0.15, -0.1) is 0 Å². The van der Waals surface area contributed by atoms with Gasteiger partial charge < -0.3 is 9.47 Å². The minimum atomic E-state index is -0.853. The fourth-order valence-electron chi connectivity index (χ4n) is 4.88. The number of hydrogen-bond acceptors (Lipinski definition) is 2. The molecule has 1 heterocycles. The van der Waals surface area contributed by atoms with Gasteiger partial charge in [0.2, 0.25) is 0 Å². The molecular formula is C25H38F2O2. The molecule has 1 saturated heterocycles. The smallest absolute Gasteiger partial charge is 0.183 e. The second kappa shape index (κ2) is 12.0. The summed E-state index contributed by atoms with van der Waals surface area (Å²) in [6.45, 7) is 3.55. The largest absolute Gasteiger partial charge is 0.348 e. The predicted octanol–water partition coefficient (Wildman–Crippen LogP) is 7.57. The molecule has 1 aromatic carbocycles. The normalized spacial score (nSPS) is 27.8. The lowest BCUT2D eigenvalue weighted by Crippen LogP contribution is -2.28. The Morgan fingerprint density at radius 2 is 1.38 bits per heavy atom. The van der Waals surface area contributed by atoms with Crippen molar-refractivity contribution in [1.29, 1.82) is 0 Å². The Labute approximate surface area is 175 Å². The first-order valence-electron chi connectivity index (χ1n) is 11.8. The van der Waals surface area contributed by atoms with Gasteiger partial charge in [0.15, 0.2) is 17.9 Å². The lowest BCUT2D eigenvalue weighted by atomic mass is 9.77. The maximum absolute atomic E-state index is 13.4. The van der Waals surface area contributed by atoms with E-state index in [9.17, 15) is 8.78 Å². The fourth-order valence-corrected chi connectivity index (χ4v) is 4.88. The van der Waals surface area contributed by atoms with E-state index < -0.39 is 17.9 Å². The molecule has 0 amide bonds. The molecule has 0 atom stereocenters. The average Bonchev–Trinajstić information content (AvgIpc) is 2.75. The zero-order chi connectivity index (χ0) is 20.5. The first-order chi connectivity index (χ1) is 14.2. The highest BCUT2D eigenvalue weighted by atomic mass is 19.2. The molecule has 2 fully saturated rings. The average molecular weight is 409 g/mol. The molecular weight excluding hydrogens is 370 g/mol. The van der Waals surface area contributed by atoms with E-state index >= 15 is 0 Å². The van der Waals surface area contributed by atoms with Gasteiger partial charge in [-0.3, -0.25) is 0 Å². The Balaban J connectivity index is 1.28. The van der Waals surface area contributed by atoms with Crippen molar-refractivity contribution in [3.63, 3.8) is 0 Å². The summed E-state index contributed by atoms with van der Waals surface area (Å²) < 4.78 is 38.1. The molecule has 0 aromatic heterocycles. The van der Waals surface area contributed by atoms with Crippen molar-refractivity contribution in [2.24, 2.45) is 17.8 Å². The second-order valence-electron chi connectivity index (χ2n) is 9.21. The molecule has 0 radical (unpaired) electrons. The predicted molar refractivity (Wildman–Crippen MR) is 113 cm³/mol. The van der Waals surface area contributed by atoms with Gasteiger partial charge in [0.05, 0.1) is 13.2 Å².